The molecule has 1 aliphatic rings. The van der Waals surface area contributed by atoms with Gasteiger partial charge in [0.05, 0.1) is 31.0 Å². The number of nitrogens with one attached hydrogen (secondary N) is 1. The van der Waals surface area contributed by atoms with Crippen LogP contribution >= 0.6 is 0 Å². The van der Waals surface area contributed by atoms with Gasteiger partial charge in [0.2, 0.25) is 5.88 Å². The van der Waals surface area contributed by atoms with Crippen LogP contribution in [0.5, 0.6) is 5.88 Å². The number of pyridine rings is 1. The SMILES string of the molecule is COc1ncc(-c2cc(C(F)(F)F)c3c(N)ncnn23)cc1C(=O)N[C@@H]1CN(C(=O)N(C)C)C[C@@H]1F. The van der Waals surface area contributed by atoms with Gasteiger partial charge in [0.25, 0.3) is 5.91 Å². The number of likely N-dealkylation sites (tertiary alicyclic amines) is 1. The number of hydrogen-bond acceptors (Lipinski definition) is 7. The molecule has 15 heteroatoms. The maximum absolute atomic E-state index is 14.6. The van der Waals surface area contributed by atoms with Gasteiger partial charge in [0, 0.05) is 32.4 Å². The van der Waals surface area contributed by atoms with Gasteiger partial charge in [0.1, 0.15) is 23.6 Å². The molecular formula is C21H22F4N8O3. The van der Waals surface area contributed by atoms with Crippen molar-refractivity contribution in [1.82, 2.24) is 34.7 Å². The lowest BCUT2D eigenvalue weighted by atomic mass is 10.1. The topological polar surface area (TPSA) is 131 Å². The molecule has 11 nitrogen and oxygen atoms in total. The number of nitrogens with two attached hydrogens (primary N) is 1. The number of halogens is 4. The number of carbonyl (C=O) groups excluding carboxylic acids is 2. The molecule has 0 spiro atoms. The molecule has 4 heterocycles. The van der Waals surface area contributed by atoms with Crippen molar-refractivity contribution in [1.29, 1.82) is 0 Å². The molecule has 0 aliphatic carbocycles. The number of nitrogen functional groups attached to an aromatic ring is 1. The van der Waals surface area contributed by atoms with Crippen molar-refractivity contribution in [2.45, 2.75) is 18.4 Å². The van der Waals surface area contributed by atoms with Crippen LogP contribution in [0.25, 0.3) is 16.8 Å². The van der Waals surface area contributed by atoms with Crippen molar-refractivity contribution in [2.75, 3.05) is 40.0 Å². The summed E-state index contributed by atoms with van der Waals surface area (Å²) in [7, 11) is 4.31. The van der Waals surface area contributed by atoms with Crippen LogP contribution in [0.2, 0.25) is 0 Å². The highest BCUT2D eigenvalue weighted by molar-refractivity contribution is 5.98. The van der Waals surface area contributed by atoms with Crippen LogP contribution in [0.1, 0.15) is 15.9 Å². The number of ether oxygens (including phenoxy) is 1. The standard InChI is InChI=1S/C21H22F4N8O3/c1-31(2)20(35)32-7-13(22)14(8-32)30-18(34)11-4-10(6-27-19(11)36-3)15-5-12(21(23,24)25)16-17(26)28-9-29-33(15)16/h4-6,9,13-14H,7-8H2,1-3H3,(H,30,34)(H2,26,28,29)/t13-,14+/m0/s1. The summed E-state index contributed by atoms with van der Waals surface area (Å²) in [6.07, 6.45) is -4.07. The van der Waals surface area contributed by atoms with E-state index in [4.69, 9.17) is 10.5 Å². The maximum Gasteiger partial charge on any atom is 0.418 e. The van der Waals surface area contributed by atoms with E-state index in [1.807, 2.05) is 0 Å². The molecular weight excluding hydrogens is 488 g/mol. The number of fused-ring (bicyclic) bond motifs is 1. The van der Waals surface area contributed by atoms with Crippen LogP contribution in [-0.4, -0.2) is 87.8 Å². The molecule has 4 rings (SSSR count). The van der Waals surface area contributed by atoms with Gasteiger partial charge < -0.3 is 25.6 Å². The van der Waals surface area contributed by atoms with Crippen LogP contribution in [-0.2, 0) is 6.18 Å². The first kappa shape index (κ1) is 24.9. The fourth-order valence-electron chi connectivity index (χ4n) is 3.99. The van der Waals surface area contributed by atoms with Crippen LogP contribution in [0.3, 0.4) is 0 Å². The molecule has 3 amide bonds. The number of aromatic nitrogens is 4. The van der Waals surface area contributed by atoms with E-state index in [1.54, 1.807) is 0 Å². The molecule has 3 N–H and O–H groups in total. The number of nitrogens with zero attached hydrogens (tertiary/aromatic N) is 6. The van der Waals surface area contributed by atoms with Gasteiger partial charge in [-0.2, -0.15) is 18.3 Å². The predicted octanol–water partition coefficient (Wildman–Crippen LogP) is 1.83. The monoisotopic (exact) mass is 510 g/mol. The van der Waals surface area contributed by atoms with E-state index < -0.39 is 41.4 Å². The largest absolute Gasteiger partial charge is 0.480 e. The van der Waals surface area contributed by atoms with E-state index in [0.29, 0.717) is 0 Å². The minimum absolute atomic E-state index is 0.0531. The fraction of sp³-hybridized carbons (Fsp3) is 0.381. The van der Waals surface area contributed by atoms with Crippen molar-refractivity contribution in [3.05, 3.63) is 35.8 Å². The van der Waals surface area contributed by atoms with Crippen LogP contribution in [0.4, 0.5) is 28.2 Å². The molecule has 1 fully saturated rings. The number of amides is 3. The number of hydrogen-bond donors (Lipinski definition) is 2. The number of urea groups is 1. The molecule has 1 aliphatic heterocycles. The van der Waals surface area contributed by atoms with Gasteiger partial charge in [-0.05, 0) is 12.1 Å². The number of carbonyl (C=O) groups is 2. The normalized spacial score (nSPS) is 17.9. The Morgan fingerprint density at radius 2 is 1.94 bits per heavy atom. The lowest BCUT2D eigenvalue weighted by Gasteiger charge is -2.21. The Hall–Kier alpha value is -4.17. The van der Waals surface area contributed by atoms with Gasteiger partial charge in [-0.15, -0.1) is 0 Å². The number of alkyl halides is 4. The summed E-state index contributed by atoms with van der Waals surface area (Å²) in [6.45, 7) is -0.261. The van der Waals surface area contributed by atoms with Crippen molar-refractivity contribution >= 4 is 23.3 Å². The minimum atomic E-state index is -4.75. The summed E-state index contributed by atoms with van der Waals surface area (Å²) < 4.78 is 61.7. The molecule has 36 heavy (non-hydrogen) atoms. The Kier molecular flexibility index (Phi) is 6.32. The summed E-state index contributed by atoms with van der Waals surface area (Å²) in [5.74, 6) is -1.29. The third-order valence-electron chi connectivity index (χ3n) is 5.69. The third-order valence-corrected chi connectivity index (χ3v) is 5.69. The molecule has 0 unspecified atom stereocenters. The van der Waals surface area contributed by atoms with E-state index in [-0.39, 0.29) is 41.6 Å². The second-order valence-electron chi connectivity index (χ2n) is 8.31. The molecule has 3 aromatic rings. The van der Waals surface area contributed by atoms with Crippen molar-refractivity contribution in [3.8, 4) is 17.1 Å². The summed E-state index contributed by atoms with van der Waals surface area (Å²) in [5.41, 5.74) is 4.07. The smallest absolute Gasteiger partial charge is 0.418 e. The first-order valence-electron chi connectivity index (χ1n) is 10.6. The zero-order valence-corrected chi connectivity index (χ0v) is 19.4. The molecule has 1 saturated heterocycles. The van der Waals surface area contributed by atoms with E-state index in [9.17, 15) is 27.2 Å². The van der Waals surface area contributed by atoms with Gasteiger partial charge >= 0.3 is 12.2 Å². The molecule has 0 bridgehead atoms. The third kappa shape index (κ3) is 4.43. The second-order valence-corrected chi connectivity index (χ2v) is 8.31. The Bertz CT molecular complexity index is 1330. The highest BCUT2D eigenvalue weighted by Gasteiger charge is 2.38. The predicted molar refractivity (Wildman–Crippen MR) is 119 cm³/mol. The summed E-state index contributed by atoms with van der Waals surface area (Å²) >= 11 is 0. The summed E-state index contributed by atoms with van der Waals surface area (Å²) in [4.78, 5) is 35.4. The van der Waals surface area contributed by atoms with E-state index >= 15 is 0 Å². The van der Waals surface area contributed by atoms with Gasteiger partial charge in [0.15, 0.2) is 5.82 Å². The van der Waals surface area contributed by atoms with Crippen LogP contribution in [0, 0.1) is 0 Å². The van der Waals surface area contributed by atoms with Crippen LogP contribution < -0.4 is 15.8 Å². The van der Waals surface area contributed by atoms with Crippen molar-refractivity contribution in [2.24, 2.45) is 0 Å². The van der Waals surface area contributed by atoms with Gasteiger partial charge in [-0.25, -0.2) is 23.7 Å². The summed E-state index contributed by atoms with van der Waals surface area (Å²) in [5, 5.41) is 6.40. The first-order valence-corrected chi connectivity index (χ1v) is 10.6. The molecule has 0 aromatic carbocycles. The number of anilines is 1. The van der Waals surface area contributed by atoms with Crippen LogP contribution in [0.15, 0.2) is 24.7 Å². The Morgan fingerprint density at radius 1 is 1.22 bits per heavy atom. The van der Waals surface area contributed by atoms with Crippen molar-refractivity contribution < 1.29 is 31.9 Å². The zero-order valence-electron chi connectivity index (χ0n) is 19.4. The molecule has 0 radical (unpaired) electrons. The second kappa shape index (κ2) is 9.13. The number of rotatable bonds is 4. The lowest BCUT2D eigenvalue weighted by molar-refractivity contribution is -0.136. The summed E-state index contributed by atoms with van der Waals surface area (Å²) in [6, 6.07) is 0.669. The van der Waals surface area contributed by atoms with Crippen molar-refractivity contribution in [3.63, 3.8) is 0 Å². The van der Waals surface area contributed by atoms with E-state index in [1.165, 1.54) is 43.3 Å². The molecule has 192 valence electrons. The fourth-order valence-corrected chi connectivity index (χ4v) is 3.99. The zero-order chi connectivity index (χ0) is 26.4. The first-order chi connectivity index (χ1) is 16.9. The average molecular weight is 510 g/mol. The molecule has 2 atom stereocenters. The maximum atomic E-state index is 14.6. The molecule has 0 saturated carbocycles. The quantitative estimate of drug-likeness (QED) is 0.512. The Balaban J connectivity index is 1.70. The van der Waals surface area contributed by atoms with E-state index in [2.05, 4.69) is 20.4 Å². The van der Waals surface area contributed by atoms with E-state index in [0.717, 1.165) is 16.9 Å². The highest BCUT2D eigenvalue weighted by Crippen LogP contribution is 2.39. The Morgan fingerprint density at radius 3 is 2.58 bits per heavy atom. The Labute approximate surface area is 201 Å². The van der Waals surface area contributed by atoms with Gasteiger partial charge in [-0.1, -0.05) is 0 Å². The highest BCUT2D eigenvalue weighted by atomic mass is 19.4. The van der Waals surface area contributed by atoms with Gasteiger partial charge in [-0.3, -0.25) is 4.79 Å². The average Bonchev–Trinajstić information content (AvgIpc) is 3.39. The minimum Gasteiger partial charge on any atom is -0.480 e. The number of methoxy groups -OCH3 is 1. The molecule has 3 aromatic heterocycles. The lowest BCUT2D eigenvalue weighted by Crippen LogP contribution is -2.43.